The third kappa shape index (κ3) is 5.95. The van der Waals surface area contributed by atoms with Gasteiger partial charge in [0.15, 0.2) is 0 Å². The lowest BCUT2D eigenvalue weighted by Gasteiger charge is -2.37. The number of amides is 1. The second kappa shape index (κ2) is 11.7. The molecule has 0 radical (unpaired) electrons. The van der Waals surface area contributed by atoms with Crippen molar-refractivity contribution in [1.82, 2.24) is 24.3 Å². The summed E-state index contributed by atoms with van der Waals surface area (Å²) < 4.78 is 2.38. The topological polar surface area (TPSA) is 86.5 Å². The van der Waals surface area contributed by atoms with Crippen LogP contribution in [0.1, 0.15) is 95.6 Å². The van der Waals surface area contributed by atoms with E-state index in [2.05, 4.69) is 46.8 Å². The zero-order valence-electron chi connectivity index (χ0n) is 23.0. The maximum atomic E-state index is 13.2. The molecule has 2 N–H and O–H groups in total. The lowest BCUT2D eigenvalue weighted by atomic mass is 9.88. The summed E-state index contributed by atoms with van der Waals surface area (Å²) >= 11 is 0. The van der Waals surface area contributed by atoms with Crippen LogP contribution in [0.15, 0.2) is 12.4 Å². The van der Waals surface area contributed by atoms with Crippen molar-refractivity contribution in [2.75, 3.05) is 38.5 Å². The number of likely N-dealkylation sites (tertiary alicyclic amines) is 2. The minimum absolute atomic E-state index is 0.160. The van der Waals surface area contributed by atoms with Gasteiger partial charge in [0.25, 0.3) is 0 Å². The standard InChI is InChI=1S/C29H46N6O2/c1-4-6-20(2)31-29-30-17-25-26(19-35(27(25)32-29)23-8-10-24(36)11-9-23)21-12-15-34(16-13-21)28(37)22-7-5-14-33(3)18-22/h17,19-24,36H,4-16,18H2,1-3H3,(H,30,31,32)/t20-,22-,23-,24-/m0/s1. The van der Waals surface area contributed by atoms with Crippen LogP contribution in [0.4, 0.5) is 5.95 Å². The predicted octanol–water partition coefficient (Wildman–Crippen LogP) is 4.56. The molecule has 204 valence electrons. The lowest BCUT2D eigenvalue weighted by Crippen LogP contribution is -2.46. The quantitative estimate of drug-likeness (QED) is 0.568. The van der Waals surface area contributed by atoms with Crippen molar-refractivity contribution >= 4 is 22.9 Å². The molecule has 3 fully saturated rings. The van der Waals surface area contributed by atoms with Crippen LogP contribution in [0.25, 0.3) is 11.0 Å². The van der Waals surface area contributed by atoms with Crippen molar-refractivity contribution in [1.29, 1.82) is 0 Å². The Balaban J connectivity index is 1.35. The number of carbonyl (C=O) groups excluding carboxylic acids is 1. The van der Waals surface area contributed by atoms with E-state index in [0.29, 0.717) is 29.9 Å². The van der Waals surface area contributed by atoms with E-state index in [1.807, 2.05) is 6.20 Å². The van der Waals surface area contributed by atoms with Crippen LogP contribution in [0.2, 0.25) is 0 Å². The molecule has 2 aromatic heterocycles. The average Bonchev–Trinajstić information content (AvgIpc) is 3.28. The first-order valence-corrected chi connectivity index (χ1v) is 14.7. The second-order valence-corrected chi connectivity index (χ2v) is 11.9. The van der Waals surface area contributed by atoms with Crippen LogP contribution in [-0.4, -0.2) is 80.7 Å². The Morgan fingerprint density at radius 1 is 1.14 bits per heavy atom. The molecular formula is C29H46N6O2. The first-order valence-electron chi connectivity index (χ1n) is 14.7. The van der Waals surface area contributed by atoms with Crippen molar-refractivity contribution in [2.45, 2.75) is 102 Å². The molecule has 0 unspecified atom stereocenters. The highest BCUT2D eigenvalue weighted by atomic mass is 16.3. The fourth-order valence-electron chi connectivity index (χ4n) is 6.83. The Kier molecular flexibility index (Phi) is 8.34. The molecule has 37 heavy (non-hydrogen) atoms. The van der Waals surface area contributed by atoms with Gasteiger partial charge in [-0.15, -0.1) is 0 Å². The highest BCUT2D eigenvalue weighted by Crippen LogP contribution is 2.38. The third-order valence-corrected chi connectivity index (χ3v) is 8.98. The van der Waals surface area contributed by atoms with Gasteiger partial charge < -0.3 is 24.8 Å². The van der Waals surface area contributed by atoms with Gasteiger partial charge in [-0.2, -0.15) is 4.98 Å². The van der Waals surface area contributed by atoms with Crippen molar-refractivity contribution in [3.05, 3.63) is 18.0 Å². The van der Waals surface area contributed by atoms with Gasteiger partial charge >= 0.3 is 0 Å². The van der Waals surface area contributed by atoms with Crippen LogP contribution in [0, 0.1) is 5.92 Å². The van der Waals surface area contributed by atoms with E-state index < -0.39 is 0 Å². The van der Waals surface area contributed by atoms with E-state index in [1.54, 1.807) is 0 Å². The number of nitrogens with one attached hydrogen (secondary N) is 1. The largest absolute Gasteiger partial charge is 0.393 e. The molecule has 4 heterocycles. The van der Waals surface area contributed by atoms with Crippen molar-refractivity contribution < 1.29 is 9.90 Å². The van der Waals surface area contributed by atoms with Gasteiger partial charge in [-0.1, -0.05) is 13.3 Å². The Morgan fingerprint density at radius 3 is 2.59 bits per heavy atom. The van der Waals surface area contributed by atoms with Crippen LogP contribution < -0.4 is 5.32 Å². The molecule has 0 aromatic carbocycles. The number of hydrogen-bond donors (Lipinski definition) is 2. The normalized spacial score (nSPS) is 26.9. The molecule has 0 bridgehead atoms. The second-order valence-electron chi connectivity index (χ2n) is 11.9. The van der Waals surface area contributed by atoms with Crippen LogP contribution in [0.5, 0.6) is 0 Å². The molecule has 2 atom stereocenters. The zero-order valence-corrected chi connectivity index (χ0v) is 23.0. The molecular weight excluding hydrogens is 464 g/mol. The fraction of sp³-hybridized carbons (Fsp3) is 0.759. The van der Waals surface area contributed by atoms with Crippen LogP contribution >= 0.6 is 0 Å². The maximum absolute atomic E-state index is 13.2. The van der Waals surface area contributed by atoms with Gasteiger partial charge in [0, 0.05) is 49.5 Å². The third-order valence-electron chi connectivity index (χ3n) is 8.98. The Morgan fingerprint density at radius 2 is 1.89 bits per heavy atom. The molecule has 2 saturated heterocycles. The molecule has 1 saturated carbocycles. The van der Waals surface area contributed by atoms with Crippen molar-refractivity contribution in [2.24, 2.45) is 5.92 Å². The molecule has 1 amide bonds. The van der Waals surface area contributed by atoms with Gasteiger partial charge in [0.05, 0.1) is 12.0 Å². The summed E-state index contributed by atoms with van der Waals surface area (Å²) in [5, 5.41) is 14.7. The van der Waals surface area contributed by atoms with E-state index in [9.17, 15) is 9.90 Å². The molecule has 3 aliphatic rings. The van der Waals surface area contributed by atoms with E-state index in [0.717, 1.165) is 101 Å². The molecule has 8 nitrogen and oxygen atoms in total. The first-order chi connectivity index (χ1) is 17.9. The Labute approximate surface area is 221 Å². The summed E-state index contributed by atoms with van der Waals surface area (Å²) in [5.74, 6) is 1.63. The van der Waals surface area contributed by atoms with Gasteiger partial charge in [0.2, 0.25) is 11.9 Å². The number of aromatic nitrogens is 3. The number of aliphatic hydroxyl groups excluding tert-OH is 1. The number of hydrogen-bond acceptors (Lipinski definition) is 6. The van der Waals surface area contributed by atoms with E-state index in [-0.39, 0.29) is 12.0 Å². The minimum Gasteiger partial charge on any atom is -0.393 e. The summed E-state index contributed by atoms with van der Waals surface area (Å²) in [4.78, 5) is 27.4. The Bertz CT molecular complexity index is 1050. The number of nitrogens with zero attached hydrogens (tertiary/aromatic N) is 5. The molecule has 2 aliphatic heterocycles. The van der Waals surface area contributed by atoms with Gasteiger partial charge in [-0.05, 0) is 89.8 Å². The zero-order chi connectivity index (χ0) is 25.9. The maximum Gasteiger partial charge on any atom is 0.226 e. The average molecular weight is 511 g/mol. The SMILES string of the molecule is CCC[C@H](C)Nc1ncc2c(C3CCN(C(=O)[C@H]4CCCN(C)C4)CC3)cn([C@H]3CC[C@H](O)CC3)c2n1. The monoisotopic (exact) mass is 510 g/mol. The number of fused-ring (bicyclic) bond motifs is 1. The van der Waals surface area contributed by atoms with Gasteiger partial charge in [-0.25, -0.2) is 4.98 Å². The summed E-state index contributed by atoms with van der Waals surface area (Å²) in [5.41, 5.74) is 2.35. The van der Waals surface area contributed by atoms with E-state index >= 15 is 0 Å². The number of rotatable bonds is 7. The van der Waals surface area contributed by atoms with Crippen LogP contribution in [0.3, 0.4) is 0 Å². The molecule has 5 rings (SSSR count). The number of carbonyl (C=O) groups is 1. The molecule has 1 aliphatic carbocycles. The van der Waals surface area contributed by atoms with Gasteiger partial charge in [0.1, 0.15) is 5.65 Å². The Hall–Kier alpha value is -2.19. The summed E-state index contributed by atoms with van der Waals surface area (Å²) in [6.45, 7) is 8.05. The number of anilines is 1. The predicted molar refractivity (Wildman–Crippen MR) is 148 cm³/mol. The molecule has 0 spiro atoms. The number of piperidine rings is 2. The first kappa shape index (κ1) is 26.4. The van der Waals surface area contributed by atoms with Crippen molar-refractivity contribution in [3.8, 4) is 0 Å². The van der Waals surface area contributed by atoms with E-state index in [4.69, 9.17) is 9.97 Å². The van der Waals surface area contributed by atoms with Crippen LogP contribution in [-0.2, 0) is 4.79 Å². The van der Waals surface area contributed by atoms with E-state index in [1.165, 1.54) is 5.56 Å². The van der Waals surface area contributed by atoms with Gasteiger partial charge in [-0.3, -0.25) is 4.79 Å². The van der Waals surface area contributed by atoms with Crippen molar-refractivity contribution in [3.63, 3.8) is 0 Å². The summed E-state index contributed by atoms with van der Waals surface area (Å²) in [6.07, 6.45) is 14.2. The fourth-order valence-corrected chi connectivity index (χ4v) is 6.83. The minimum atomic E-state index is -0.176. The number of aliphatic hydroxyl groups is 1. The lowest BCUT2D eigenvalue weighted by molar-refractivity contribution is -0.138. The summed E-state index contributed by atoms with van der Waals surface area (Å²) in [6, 6.07) is 0.696. The molecule has 2 aromatic rings. The highest BCUT2D eigenvalue weighted by Gasteiger charge is 2.33. The summed E-state index contributed by atoms with van der Waals surface area (Å²) in [7, 11) is 2.13. The highest BCUT2D eigenvalue weighted by molar-refractivity contribution is 5.82. The smallest absolute Gasteiger partial charge is 0.226 e. The molecule has 8 heteroatoms.